The van der Waals surface area contributed by atoms with Gasteiger partial charge in [0.1, 0.15) is 5.82 Å². The second kappa shape index (κ2) is 5.06. The molecule has 0 radical (unpaired) electrons. The van der Waals surface area contributed by atoms with Gasteiger partial charge in [0.15, 0.2) is 0 Å². The van der Waals surface area contributed by atoms with E-state index in [1.165, 1.54) is 10.8 Å². The SMILES string of the molecule is ClC1CCCN(c2nccc3c(Br)cccc23)C1. The smallest absolute Gasteiger partial charge is 0.136 e. The van der Waals surface area contributed by atoms with E-state index in [0.29, 0.717) is 0 Å². The summed E-state index contributed by atoms with van der Waals surface area (Å²) in [5.41, 5.74) is 0. The number of fused-ring (bicyclic) bond motifs is 1. The van der Waals surface area contributed by atoms with Gasteiger partial charge in [0.25, 0.3) is 0 Å². The maximum Gasteiger partial charge on any atom is 0.136 e. The van der Waals surface area contributed by atoms with Crippen LogP contribution < -0.4 is 4.90 Å². The molecule has 0 amide bonds. The Labute approximate surface area is 120 Å². The molecule has 1 saturated heterocycles. The predicted octanol–water partition coefficient (Wildman–Crippen LogP) is 4.20. The summed E-state index contributed by atoms with van der Waals surface area (Å²) in [6, 6.07) is 8.29. The van der Waals surface area contributed by atoms with Gasteiger partial charge >= 0.3 is 0 Å². The first-order chi connectivity index (χ1) is 8.75. The second-order valence-corrected chi connectivity index (χ2v) is 6.13. The Balaban J connectivity index is 2.09. The van der Waals surface area contributed by atoms with Gasteiger partial charge in [0, 0.05) is 34.5 Å². The lowest BCUT2D eigenvalue weighted by Crippen LogP contribution is -2.36. The minimum Gasteiger partial charge on any atom is -0.355 e. The zero-order chi connectivity index (χ0) is 12.5. The number of halogens is 2. The maximum absolute atomic E-state index is 6.27. The van der Waals surface area contributed by atoms with Gasteiger partial charge < -0.3 is 4.90 Å². The predicted molar refractivity (Wildman–Crippen MR) is 80.5 cm³/mol. The lowest BCUT2D eigenvalue weighted by atomic mass is 10.1. The maximum atomic E-state index is 6.27. The van der Waals surface area contributed by atoms with E-state index in [0.717, 1.165) is 36.2 Å². The van der Waals surface area contributed by atoms with Crippen molar-refractivity contribution in [1.82, 2.24) is 4.98 Å². The van der Waals surface area contributed by atoms with Crippen LogP contribution >= 0.6 is 27.5 Å². The third kappa shape index (κ3) is 2.21. The van der Waals surface area contributed by atoms with Crippen molar-refractivity contribution in [2.24, 2.45) is 0 Å². The van der Waals surface area contributed by atoms with Gasteiger partial charge in [-0.2, -0.15) is 0 Å². The normalized spacial score (nSPS) is 20.3. The molecule has 0 N–H and O–H groups in total. The van der Waals surface area contributed by atoms with Crippen LogP contribution in [0.25, 0.3) is 10.8 Å². The molecular formula is C14H14BrClN2. The van der Waals surface area contributed by atoms with Crippen molar-refractivity contribution in [3.05, 3.63) is 34.9 Å². The number of benzene rings is 1. The third-order valence-electron chi connectivity index (χ3n) is 3.40. The molecule has 0 spiro atoms. The van der Waals surface area contributed by atoms with Gasteiger partial charge in [-0.25, -0.2) is 4.98 Å². The Morgan fingerprint density at radius 3 is 3.00 bits per heavy atom. The van der Waals surface area contributed by atoms with Crippen molar-refractivity contribution in [2.45, 2.75) is 18.2 Å². The highest BCUT2D eigenvalue weighted by molar-refractivity contribution is 9.10. The highest BCUT2D eigenvalue weighted by Crippen LogP contribution is 2.31. The van der Waals surface area contributed by atoms with Crippen LogP contribution in [0.4, 0.5) is 5.82 Å². The highest BCUT2D eigenvalue weighted by Gasteiger charge is 2.20. The molecule has 1 unspecified atom stereocenters. The Morgan fingerprint density at radius 2 is 2.17 bits per heavy atom. The fraction of sp³-hybridized carbons (Fsp3) is 0.357. The van der Waals surface area contributed by atoms with E-state index < -0.39 is 0 Å². The number of piperidine rings is 1. The summed E-state index contributed by atoms with van der Waals surface area (Å²) in [4.78, 5) is 6.85. The first-order valence-corrected chi connectivity index (χ1v) is 7.41. The average molecular weight is 326 g/mol. The quantitative estimate of drug-likeness (QED) is 0.730. The summed E-state index contributed by atoms with van der Waals surface area (Å²) >= 11 is 9.86. The van der Waals surface area contributed by atoms with Gasteiger partial charge in [0.2, 0.25) is 0 Å². The number of hydrogen-bond acceptors (Lipinski definition) is 2. The van der Waals surface area contributed by atoms with E-state index >= 15 is 0 Å². The molecule has 2 heterocycles. The molecule has 94 valence electrons. The Morgan fingerprint density at radius 1 is 1.28 bits per heavy atom. The van der Waals surface area contributed by atoms with Crippen LogP contribution in [0, 0.1) is 0 Å². The highest BCUT2D eigenvalue weighted by atomic mass is 79.9. The fourth-order valence-electron chi connectivity index (χ4n) is 2.52. The summed E-state index contributed by atoms with van der Waals surface area (Å²) < 4.78 is 1.11. The fourth-order valence-corrected chi connectivity index (χ4v) is 3.34. The van der Waals surface area contributed by atoms with Crippen molar-refractivity contribution in [2.75, 3.05) is 18.0 Å². The monoisotopic (exact) mass is 324 g/mol. The zero-order valence-electron chi connectivity index (χ0n) is 9.94. The number of hydrogen-bond donors (Lipinski definition) is 0. The van der Waals surface area contributed by atoms with E-state index in [2.05, 4.69) is 44.0 Å². The van der Waals surface area contributed by atoms with Crippen LogP contribution in [0.5, 0.6) is 0 Å². The molecule has 1 aromatic heterocycles. The van der Waals surface area contributed by atoms with Gasteiger partial charge in [-0.3, -0.25) is 0 Å². The molecule has 2 aromatic rings. The van der Waals surface area contributed by atoms with Crippen LogP contribution in [-0.2, 0) is 0 Å². The molecule has 18 heavy (non-hydrogen) atoms. The van der Waals surface area contributed by atoms with Gasteiger partial charge in [-0.05, 0) is 25.0 Å². The second-order valence-electron chi connectivity index (χ2n) is 4.66. The van der Waals surface area contributed by atoms with Gasteiger partial charge in [-0.15, -0.1) is 11.6 Å². The number of alkyl halides is 1. The van der Waals surface area contributed by atoms with E-state index in [9.17, 15) is 0 Å². The lowest BCUT2D eigenvalue weighted by molar-refractivity contribution is 0.581. The molecule has 1 aliphatic rings. The van der Waals surface area contributed by atoms with Gasteiger partial charge in [-0.1, -0.05) is 28.1 Å². The van der Waals surface area contributed by atoms with Crippen molar-refractivity contribution < 1.29 is 0 Å². The first-order valence-electron chi connectivity index (χ1n) is 6.18. The molecule has 0 saturated carbocycles. The number of aromatic nitrogens is 1. The van der Waals surface area contributed by atoms with Crippen LogP contribution in [0.3, 0.4) is 0 Å². The molecule has 0 bridgehead atoms. The molecule has 1 fully saturated rings. The summed E-state index contributed by atoms with van der Waals surface area (Å²) in [5.74, 6) is 1.05. The summed E-state index contributed by atoms with van der Waals surface area (Å²) in [7, 11) is 0. The molecule has 1 atom stereocenters. The number of nitrogens with zero attached hydrogens (tertiary/aromatic N) is 2. The minimum atomic E-state index is 0.239. The lowest BCUT2D eigenvalue weighted by Gasteiger charge is -2.31. The first kappa shape index (κ1) is 12.2. The number of rotatable bonds is 1. The Hall–Kier alpha value is -0.800. The minimum absolute atomic E-state index is 0.239. The molecule has 1 aliphatic heterocycles. The molecular weight excluding hydrogens is 312 g/mol. The van der Waals surface area contributed by atoms with E-state index in [-0.39, 0.29) is 5.38 Å². The van der Waals surface area contributed by atoms with E-state index in [4.69, 9.17) is 11.6 Å². The Kier molecular flexibility index (Phi) is 3.44. The summed E-state index contributed by atoms with van der Waals surface area (Å²) in [5, 5.41) is 2.64. The summed E-state index contributed by atoms with van der Waals surface area (Å²) in [6.45, 7) is 1.93. The number of pyridine rings is 1. The van der Waals surface area contributed by atoms with Crippen molar-refractivity contribution in [1.29, 1.82) is 0 Å². The molecule has 1 aromatic carbocycles. The largest absolute Gasteiger partial charge is 0.355 e. The van der Waals surface area contributed by atoms with Crippen molar-refractivity contribution in [3.8, 4) is 0 Å². The van der Waals surface area contributed by atoms with Crippen LogP contribution in [0.1, 0.15) is 12.8 Å². The van der Waals surface area contributed by atoms with Crippen LogP contribution in [0.15, 0.2) is 34.9 Å². The van der Waals surface area contributed by atoms with Crippen LogP contribution in [-0.4, -0.2) is 23.5 Å². The molecule has 3 rings (SSSR count). The van der Waals surface area contributed by atoms with Crippen molar-refractivity contribution >= 4 is 44.1 Å². The number of anilines is 1. The van der Waals surface area contributed by atoms with E-state index in [1.54, 1.807) is 0 Å². The molecule has 0 aliphatic carbocycles. The Bertz CT molecular complexity index is 573. The van der Waals surface area contributed by atoms with Crippen molar-refractivity contribution in [3.63, 3.8) is 0 Å². The van der Waals surface area contributed by atoms with Crippen LogP contribution in [0.2, 0.25) is 0 Å². The average Bonchev–Trinajstić information content (AvgIpc) is 2.39. The molecule has 4 heteroatoms. The van der Waals surface area contributed by atoms with Gasteiger partial charge in [0.05, 0.1) is 5.38 Å². The standard InChI is InChI=1S/C14H14BrClN2/c15-13-5-1-4-12-11(13)6-7-17-14(12)18-8-2-3-10(16)9-18/h1,4-7,10H,2-3,8-9H2. The molecule has 2 nitrogen and oxygen atoms in total. The summed E-state index contributed by atoms with van der Waals surface area (Å²) in [6.07, 6.45) is 4.12. The zero-order valence-corrected chi connectivity index (χ0v) is 12.3. The topological polar surface area (TPSA) is 16.1 Å². The van der Waals surface area contributed by atoms with E-state index in [1.807, 2.05) is 12.3 Å². The third-order valence-corrected chi connectivity index (χ3v) is 4.44.